The van der Waals surface area contributed by atoms with Crippen molar-refractivity contribution >= 4 is 26.5 Å². The number of aromatic nitrogens is 4. The minimum Gasteiger partial charge on any atom is -0.267 e. The first-order valence-corrected chi connectivity index (χ1v) is 8.72. The van der Waals surface area contributed by atoms with Gasteiger partial charge in [-0.3, -0.25) is 9.40 Å². The normalized spacial score (nSPS) is 11.5. The van der Waals surface area contributed by atoms with E-state index in [0.717, 1.165) is 5.56 Å². The van der Waals surface area contributed by atoms with Gasteiger partial charge in [0.05, 0.1) is 12.7 Å². The van der Waals surface area contributed by atoms with Crippen LogP contribution in [0.2, 0.25) is 0 Å². The number of hydrogen-bond acceptors (Lipinski definition) is 6. The highest BCUT2D eigenvalue weighted by Crippen LogP contribution is 2.19. The molecule has 0 radical (unpaired) electrons. The molecule has 9 heteroatoms. The zero-order valence-electron chi connectivity index (χ0n) is 11.7. The summed E-state index contributed by atoms with van der Waals surface area (Å²) in [5, 5.41) is 12.6. The molecule has 1 aromatic carbocycles. The second-order valence-electron chi connectivity index (χ2n) is 4.59. The Hall–Kier alpha value is -2.26. The average Bonchev–Trinajstić information content (AvgIpc) is 3.09. The Kier molecular flexibility index (Phi) is 3.90. The second-order valence-corrected chi connectivity index (χ2v) is 7.45. The fourth-order valence-electron chi connectivity index (χ4n) is 1.85. The predicted octanol–water partition coefficient (Wildman–Crippen LogP) is 1.89. The Labute approximate surface area is 131 Å². The van der Waals surface area contributed by atoms with E-state index in [4.69, 9.17) is 0 Å². The van der Waals surface area contributed by atoms with Crippen LogP contribution in [0.5, 0.6) is 0 Å². The Morgan fingerprint density at radius 2 is 2.00 bits per heavy atom. The molecule has 0 unspecified atom stereocenters. The summed E-state index contributed by atoms with van der Waals surface area (Å²) in [6.45, 7) is 2.27. The molecule has 1 N–H and O–H groups in total. The highest BCUT2D eigenvalue weighted by atomic mass is 32.2. The summed E-state index contributed by atoms with van der Waals surface area (Å²) < 4.78 is 28.5. The van der Waals surface area contributed by atoms with Crippen LogP contribution >= 0.6 is 11.3 Å². The molecule has 0 atom stereocenters. The van der Waals surface area contributed by atoms with Crippen LogP contribution in [0.3, 0.4) is 0 Å². The molecule has 7 nitrogen and oxygen atoms in total. The van der Waals surface area contributed by atoms with Gasteiger partial charge < -0.3 is 0 Å². The topological polar surface area (TPSA) is 89.8 Å². The van der Waals surface area contributed by atoms with Gasteiger partial charge in [-0.05, 0) is 12.5 Å². The van der Waals surface area contributed by atoms with Crippen molar-refractivity contribution in [1.29, 1.82) is 0 Å². The quantitative estimate of drug-likeness (QED) is 0.769. The SMILES string of the molecule is Cc1nnc(NS(=O)(=O)c2cnn(Cc3ccccc3)c2)s1. The van der Waals surface area contributed by atoms with Crippen LogP contribution in [0.15, 0.2) is 47.6 Å². The number of benzene rings is 1. The lowest BCUT2D eigenvalue weighted by Gasteiger charge is -2.02. The van der Waals surface area contributed by atoms with E-state index < -0.39 is 10.0 Å². The summed E-state index contributed by atoms with van der Waals surface area (Å²) in [4.78, 5) is 0.0938. The zero-order chi connectivity index (χ0) is 15.6. The maximum Gasteiger partial charge on any atom is 0.266 e. The minimum absolute atomic E-state index is 0.0938. The van der Waals surface area contributed by atoms with Crippen molar-refractivity contribution in [3.05, 3.63) is 53.3 Å². The standard InChI is InChI=1S/C13H13N5O2S2/c1-10-15-16-13(21-10)17-22(19,20)12-7-14-18(9-12)8-11-5-3-2-4-6-11/h2-7,9H,8H2,1H3,(H,16,17). The Morgan fingerprint density at radius 1 is 1.23 bits per heavy atom. The number of anilines is 1. The van der Waals surface area contributed by atoms with Gasteiger partial charge >= 0.3 is 0 Å². The van der Waals surface area contributed by atoms with Gasteiger partial charge in [-0.1, -0.05) is 41.7 Å². The third-order valence-corrected chi connectivity index (χ3v) is 5.03. The van der Waals surface area contributed by atoms with Crippen molar-refractivity contribution in [1.82, 2.24) is 20.0 Å². The molecule has 3 rings (SSSR count). The molecule has 0 bridgehead atoms. The third kappa shape index (κ3) is 3.31. The van der Waals surface area contributed by atoms with Gasteiger partial charge in [0, 0.05) is 6.20 Å². The maximum absolute atomic E-state index is 12.3. The Morgan fingerprint density at radius 3 is 2.68 bits per heavy atom. The predicted molar refractivity (Wildman–Crippen MR) is 83.2 cm³/mol. The highest BCUT2D eigenvalue weighted by Gasteiger charge is 2.18. The molecule has 22 heavy (non-hydrogen) atoms. The number of nitrogens with zero attached hydrogens (tertiary/aromatic N) is 4. The monoisotopic (exact) mass is 335 g/mol. The second kappa shape index (κ2) is 5.85. The van der Waals surface area contributed by atoms with Crippen LogP contribution in [-0.4, -0.2) is 28.4 Å². The van der Waals surface area contributed by atoms with Gasteiger partial charge in [0.15, 0.2) is 0 Å². The number of rotatable bonds is 5. The number of aryl methyl sites for hydroxylation is 1. The van der Waals surface area contributed by atoms with E-state index in [1.54, 1.807) is 11.6 Å². The van der Waals surface area contributed by atoms with Crippen LogP contribution in [0, 0.1) is 6.92 Å². The Bertz CT molecular complexity index is 871. The van der Waals surface area contributed by atoms with E-state index in [2.05, 4.69) is 20.0 Å². The Balaban J connectivity index is 1.77. The summed E-state index contributed by atoms with van der Waals surface area (Å²) in [5.74, 6) is 0. The lowest BCUT2D eigenvalue weighted by molar-refractivity contribution is 0.600. The molecule has 114 valence electrons. The largest absolute Gasteiger partial charge is 0.267 e. The summed E-state index contributed by atoms with van der Waals surface area (Å²) >= 11 is 1.18. The van der Waals surface area contributed by atoms with E-state index in [-0.39, 0.29) is 10.0 Å². The molecule has 0 aliphatic heterocycles. The maximum atomic E-state index is 12.3. The summed E-state index contributed by atoms with van der Waals surface area (Å²) in [7, 11) is -3.70. The highest BCUT2D eigenvalue weighted by molar-refractivity contribution is 7.93. The molecule has 3 aromatic rings. The molecular formula is C13H13N5O2S2. The number of nitrogens with one attached hydrogen (secondary N) is 1. The van der Waals surface area contributed by atoms with Crippen LogP contribution in [-0.2, 0) is 16.6 Å². The van der Waals surface area contributed by atoms with Crippen molar-refractivity contribution < 1.29 is 8.42 Å². The molecule has 0 aliphatic carbocycles. The van der Waals surface area contributed by atoms with E-state index in [0.29, 0.717) is 11.6 Å². The van der Waals surface area contributed by atoms with Crippen molar-refractivity contribution in [2.45, 2.75) is 18.4 Å². The van der Waals surface area contributed by atoms with E-state index in [1.807, 2.05) is 30.3 Å². The lowest BCUT2D eigenvalue weighted by atomic mass is 10.2. The molecule has 0 fully saturated rings. The summed E-state index contributed by atoms with van der Waals surface area (Å²) in [6, 6.07) is 9.69. The van der Waals surface area contributed by atoms with Gasteiger partial charge in [0.2, 0.25) is 5.13 Å². The molecule has 0 saturated heterocycles. The molecule has 0 aliphatic rings. The van der Waals surface area contributed by atoms with Crippen LogP contribution in [0.1, 0.15) is 10.6 Å². The van der Waals surface area contributed by atoms with Gasteiger partial charge in [-0.25, -0.2) is 8.42 Å². The van der Waals surface area contributed by atoms with Crippen molar-refractivity contribution in [2.75, 3.05) is 4.72 Å². The van der Waals surface area contributed by atoms with Gasteiger partial charge in [0.25, 0.3) is 10.0 Å². The van der Waals surface area contributed by atoms with Crippen LogP contribution in [0.25, 0.3) is 0 Å². The molecule has 0 saturated carbocycles. The first-order chi connectivity index (χ1) is 10.5. The zero-order valence-corrected chi connectivity index (χ0v) is 13.3. The lowest BCUT2D eigenvalue weighted by Crippen LogP contribution is -2.12. The van der Waals surface area contributed by atoms with Crippen molar-refractivity contribution in [2.24, 2.45) is 0 Å². The van der Waals surface area contributed by atoms with E-state index in [9.17, 15) is 8.42 Å². The molecule has 2 heterocycles. The van der Waals surface area contributed by atoms with Crippen molar-refractivity contribution in [3.63, 3.8) is 0 Å². The first-order valence-electron chi connectivity index (χ1n) is 6.42. The fraction of sp³-hybridized carbons (Fsp3) is 0.154. The third-order valence-electron chi connectivity index (χ3n) is 2.85. The smallest absolute Gasteiger partial charge is 0.266 e. The van der Waals surface area contributed by atoms with Gasteiger partial charge in [-0.2, -0.15) is 5.10 Å². The van der Waals surface area contributed by atoms with Crippen molar-refractivity contribution in [3.8, 4) is 0 Å². The number of hydrogen-bond donors (Lipinski definition) is 1. The molecular weight excluding hydrogens is 322 g/mol. The van der Waals surface area contributed by atoms with Crippen LogP contribution in [0.4, 0.5) is 5.13 Å². The number of sulfonamides is 1. The minimum atomic E-state index is -3.70. The molecule has 0 spiro atoms. The van der Waals surface area contributed by atoms with Gasteiger partial charge in [-0.15, -0.1) is 10.2 Å². The molecule has 2 aromatic heterocycles. The van der Waals surface area contributed by atoms with Gasteiger partial charge in [0.1, 0.15) is 9.90 Å². The summed E-state index contributed by atoms with van der Waals surface area (Å²) in [6.07, 6.45) is 2.81. The van der Waals surface area contributed by atoms with E-state index >= 15 is 0 Å². The summed E-state index contributed by atoms with van der Waals surface area (Å²) in [5.41, 5.74) is 1.04. The fourth-order valence-corrected chi connectivity index (χ4v) is 3.63. The van der Waals surface area contributed by atoms with Crippen LogP contribution < -0.4 is 4.72 Å². The van der Waals surface area contributed by atoms with E-state index in [1.165, 1.54) is 23.7 Å². The molecule has 0 amide bonds. The average molecular weight is 335 g/mol. The first kappa shape index (κ1) is 14.7.